The number of benzene rings is 2. The van der Waals surface area contributed by atoms with Crippen LogP contribution < -0.4 is 10.1 Å². The smallest absolute Gasteiger partial charge is 0.255 e. The molecule has 0 spiro atoms. The highest BCUT2D eigenvalue weighted by molar-refractivity contribution is 7.89. The molecule has 142 valence electrons. The van der Waals surface area contributed by atoms with Gasteiger partial charge in [0.1, 0.15) is 12.4 Å². The third-order valence-electron chi connectivity index (χ3n) is 4.30. The third kappa shape index (κ3) is 4.56. The van der Waals surface area contributed by atoms with Crippen LogP contribution in [-0.4, -0.2) is 38.3 Å². The normalized spacial score (nSPS) is 14.7. The Morgan fingerprint density at radius 3 is 2.30 bits per heavy atom. The van der Waals surface area contributed by atoms with Gasteiger partial charge in [0.15, 0.2) is 0 Å². The second-order valence-corrected chi connectivity index (χ2v) is 8.15. The van der Waals surface area contributed by atoms with Gasteiger partial charge in [0, 0.05) is 24.3 Å². The molecule has 1 aliphatic rings. The Bertz CT molecular complexity index is 900. The second-order valence-electron chi connectivity index (χ2n) is 6.21. The number of nitrogens with zero attached hydrogens (tertiary/aromatic N) is 1. The molecular weight excluding hydrogens is 364 g/mol. The van der Waals surface area contributed by atoms with Crippen LogP contribution in [0.4, 0.5) is 5.69 Å². The van der Waals surface area contributed by atoms with Crippen molar-refractivity contribution in [2.24, 2.45) is 0 Å². The number of rotatable bonds is 7. The van der Waals surface area contributed by atoms with Crippen LogP contribution in [-0.2, 0) is 10.0 Å². The van der Waals surface area contributed by atoms with E-state index in [1.807, 2.05) is 0 Å². The molecule has 2 aromatic rings. The molecule has 7 heteroatoms. The average Bonchev–Trinajstić information content (AvgIpc) is 3.23. The molecule has 0 atom stereocenters. The van der Waals surface area contributed by atoms with Crippen molar-refractivity contribution in [1.29, 1.82) is 0 Å². The van der Waals surface area contributed by atoms with Crippen LogP contribution in [0.1, 0.15) is 23.2 Å². The Morgan fingerprint density at radius 2 is 1.70 bits per heavy atom. The summed E-state index contributed by atoms with van der Waals surface area (Å²) >= 11 is 0. The summed E-state index contributed by atoms with van der Waals surface area (Å²) in [6.07, 6.45) is 3.43. The number of amides is 1. The van der Waals surface area contributed by atoms with Crippen molar-refractivity contribution in [2.75, 3.05) is 25.0 Å². The summed E-state index contributed by atoms with van der Waals surface area (Å²) < 4.78 is 31.9. The van der Waals surface area contributed by atoms with Crippen LogP contribution in [0.3, 0.4) is 0 Å². The number of hydrogen-bond donors (Lipinski definition) is 1. The number of anilines is 1. The van der Waals surface area contributed by atoms with Gasteiger partial charge in [-0.1, -0.05) is 12.7 Å². The number of sulfonamides is 1. The summed E-state index contributed by atoms with van der Waals surface area (Å²) in [6.45, 7) is 5.11. The second kappa shape index (κ2) is 8.37. The van der Waals surface area contributed by atoms with Gasteiger partial charge in [0.05, 0.1) is 4.90 Å². The number of carbonyl (C=O) groups excluding carboxylic acids is 1. The van der Waals surface area contributed by atoms with Gasteiger partial charge in [-0.2, -0.15) is 4.31 Å². The molecule has 1 aliphatic heterocycles. The van der Waals surface area contributed by atoms with Gasteiger partial charge < -0.3 is 10.1 Å². The largest absolute Gasteiger partial charge is 0.490 e. The van der Waals surface area contributed by atoms with Crippen LogP contribution in [0.5, 0.6) is 5.75 Å². The first-order valence-electron chi connectivity index (χ1n) is 8.76. The van der Waals surface area contributed by atoms with E-state index in [2.05, 4.69) is 11.9 Å². The highest BCUT2D eigenvalue weighted by Crippen LogP contribution is 2.22. The molecule has 1 amide bonds. The fourth-order valence-electron chi connectivity index (χ4n) is 2.85. The lowest BCUT2D eigenvalue weighted by Crippen LogP contribution is -2.27. The van der Waals surface area contributed by atoms with Gasteiger partial charge in [-0.15, -0.1) is 0 Å². The zero-order valence-electron chi connectivity index (χ0n) is 14.9. The molecule has 6 nitrogen and oxygen atoms in total. The molecule has 0 saturated carbocycles. The summed E-state index contributed by atoms with van der Waals surface area (Å²) in [5.74, 6) is 0.379. The van der Waals surface area contributed by atoms with E-state index < -0.39 is 10.0 Å². The molecule has 0 aromatic heterocycles. The Hall–Kier alpha value is -2.64. The maximum atomic E-state index is 12.5. The summed E-state index contributed by atoms with van der Waals surface area (Å²) in [5.41, 5.74) is 1.02. The molecule has 1 N–H and O–H groups in total. The van der Waals surface area contributed by atoms with Crippen LogP contribution >= 0.6 is 0 Å². The fraction of sp³-hybridized carbons (Fsp3) is 0.250. The summed E-state index contributed by atoms with van der Waals surface area (Å²) in [7, 11) is -3.47. The SMILES string of the molecule is C=CCOc1ccc(NC(=O)c2ccc(S(=O)(=O)N3CCCC3)cc2)cc1. The van der Waals surface area contributed by atoms with Crippen molar-refractivity contribution >= 4 is 21.6 Å². The maximum Gasteiger partial charge on any atom is 0.255 e. The van der Waals surface area contributed by atoms with Crippen molar-refractivity contribution in [3.63, 3.8) is 0 Å². The van der Waals surface area contributed by atoms with Gasteiger partial charge in [0.25, 0.3) is 5.91 Å². The Labute approximate surface area is 159 Å². The van der Waals surface area contributed by atoms with Crippen LogP contribution in [0.15, 0.2) is 66.1 Å². The third-order valence-corrected chi connectivity index (χ3v) is 6.21. The van der Waals surface area contributed by atoms with E-state index in [9.17, 15) is 13.2 Å². The molecule has 3 rings (SSSR count). The molecule has 0 radical (unpaired) electrons. The van der Waals surface area contributed by atoms with E-state index in [4.69, 9.17) is 4.74 Å². The van der Waals surface area contributed by atoms with E-state index in [0.29, 0.717) is 36.7 Å². The van der Waals surface area contributed by atoms with Crippen LogP contribution in [0.25, 0.3) is 0 Å². The maximum absolute atomic E-state index is 12.5. The molecule has 0 unspecified atom stereocenters. The minimum absolute atomic E-state index is 0.213. The lowest BCUT2D eigenvalue weighted by Gasteiger charge is -2.15. The van der Waals surface area contributed by atoms with Crippen molar-refractivity contribution in [2.45, 2.75) is 17.7 Å². The number of carbonyl (C=O) groups is 1. The number of nitrogens with one attached hydrogen (secondary N) is 1. The van der Waals surface area contributed by atoms with Gasteiger partial charge in [-0.3, -0.25) is 4.79 Å². The molecule has 1 heterocycles. The Morgan fingerprint density at radius 1 is 1.07 bits per heavy atom. The van der Waals surface area contributed by atoms with E-state index in [1.165, 1.54) is 28.6 Å². The molecule has 27 heavy (non-hydrogen) atoms. The van der Waals surface area contributed by atoms with Gasteiger partial charge in [-0.25, -0.2) is 8.42 Å². The molecule has 0 aliphatic carbocycles. The Kier molecular flexibility index (Phi) is 5.93. The predicted octanol–water partition coefficient (Wildman–Crippen LogP) is 3.29. The first-order chi connectivity index (χ1) is 13.0. The lowest BCUT2D eigenvalue weighted by molar-refractivity contribution is 0.102. The summed E-state index contributed by atoms with van der Waals surface area (Å²) in [5, 5.41) is 2.78. The topological polar surface area (TPSA) is 75.7 Å². The summed E-state index contributed by atoms with van der Waals surface area (Å²) in [6, 6.07) is 13.0. The first kappa shape index (κ1) is 19.1. The number of hydrogen-bond acceptors (Lipinski definition) is 4. The van der Waals surface area contributed by atoms with Crippen molar-refractivity contribution < 1.29 is 17.9 Å². The van der Waals surface area contributed by atoms with Gasteiger partial charge in [0.2, 0.25) is 10.0 Å². The first-order valence-corrected chi connectivity index (χ1v) is 10.2. The Balaban J connectivity index is 1.66. The summed E-state index contributed by atoms with van der Waals surface area (Å²) in [4.78, 5) is 12.6. The van der Waals surface area contributed by atoms with Gasteiger partial charge >= 0.3 is 0 Å². The molecule has 1 saturated heterocycles. The van der Waals surface area contributed by atoms with Gasteiger partial charge in [-0.05, 0) is 61.4 Å². The minimum atomic E-state index is -3.47. The minimum Gasteiger partial charge on any atom is -0.490 e. The molecule has 0 bridgehead atoms. The van der Waals surface area contributed by atoms with Crippen LogP contribution in [0, 0.1) is 0 Å². The van der Waals surface area contributed by atoms with E-state index >= 15 is 0 Å². The van der Waals surface area contributed by atoms with E-state index in [-0.39, 0.29) is 10.8 Å². The average molecular weight is 386 g/mol. The zero-order valence-corrected chi connectivity index (χ0v) is 15.7. The fourth-order valence-corrected chi connectivity index (χ4v) is 4.37. The van der Waals surface area contributed by atoms with Crippen molar-refractivity contribution in [1.82, 2.24) is 4.31 Å². The zero-order chi connectivity index (χ0) is 19.3. The molecular formula is C20H22N2O4S. The molecule has 1 fully saturated rings. The standard InChI is InChI=1S/C20H22N2O4S/c1-2-15-26-18-9-7-17(8-10-18)21-20(23)16-5-11-19(12-6-16)27(24,25)22-13-3-4-14-22/h2,5-12H,1,3-4,13-15H2,(H,21,23). The highest BCUT2D eigenvalue weighted by atomic mass is 32.2. The van der Waals surface area contributed by atoms with E-state index in [1.54, 1.807) is 30.3 Å². The van der Waals surface area contributed by atoms with Crippen molar-refractivity contribution in [3.8, 4) is 5.75 Å². The molecule has 2 aromatic carbocycles. The highest BCUT2D eigenvalue weighted by Gasteiger charge is 2.27. The lowest BCUT2D eigenvalue weighted by atomic mass is 10.2. The monoisotopic (exact) mass is 386 g/mol. The predicted molar refractivity (Wildman–Crippen MR) is 105 cm³/mol. The van der Waals surface area contributed by atoms with Crippen LogP contribution in [0.2, 0.25) is 0 Å². The van der Waals surface area contributed by atoms with E-state index in [0.717, 1.165) is 12.8 Å². The van der Waals surface area contributed by atoms with Crippen molar-refractivity contribution in [3.05, 3.63) is 66.7 Å². The number of ether oxygens (including phenoxy) is 1. The quantitative estimate of drug-likeness (QED) is 0.741.